The van der Waals surface area contributed by atoms with Crippen molar-refractivity contribution in [1.29, 1.82) is 0 Å². The molecule has 0 aromatic heterocycles. The largest absolute Gasteiger partial charge is 0.494 e. The number of anilines is 2. The molecular formula is C28H28Cl2N4O6. The lowest BCUT2D eigenvalue weighted by molar-refractivity contribution is -0.136. The predicted octanol–water partition coefficient (Wildman–Crippen LogP) is 5.29. The Morgan fingerprint density at radius 3 is 2.38 bits per heavy atom. The second kappa shape index (κ2) is 15.3. The first-order chi connectivity index (χ1) is 19.3. The number of halogens is 2. The summed E-state index contributed by atoms with van der Waals surface area (Å²) in [6, 6.07) is 16.5. The van der Waals surface area contributed by atoms with Gasteiger partial charge < -0.3 is 24.8 Å². The third-order valence-corrected chi connectivity index (χ3v) is 5.82. The molecule has 0 heterocycles. The minimum Gasteiger partial charge on any atom is -0.494 e. The summed E-state index contributed by atoms with van der Waals surface area (Å²) in [7, 11) is 1.40. The summed E-state index contributed by atoms with van der Waals surface area (Å²) in [6.07, 6.45) is 3.24. The zero-order valence-electron chi connectivity index (χ0n) is 21.8. The van der Waals surface area contributed by atoms with Gasteiger partial charge in [0, 0.05) is 5.69 Å². The second-order valence-corrected chi connectivity index (χ2v) is 9.04. The molecule has 0 aliphatic rings. The van der Waals surface area contributed by atoms with E-state index in [1.165, 1.54) is 25.5 Å². The molecule has 0 aliphatic heterocycles. The van der Waals surface area contributed by atoms with E-state index in [2.05, 4.69) is 28.1 Å². The molecule has 12 heteroatoms. The maximum Gasteiger partial charge on any atom is 0.329 e. The van der Waals surface area contributed by atoms with Crippen molar-refractivity contribution in [2.45, 2.75) is 19.8 Å². The number of ether oxygens (including phenoxy) is 3. The average Bonchev–Trinajstić information content (AvgIpc) is 2.94. The van der Waals surface area contributed by atoms with E-state index in [0.717, 1.165) is 12.8 Å². The van der Waals surface area contributed by atoms with Gasteiger partial charge in [0.1, 0.15) is 5.75 Å². The number of benzene rings is 3. The molecule has 0 saturated carbocycles. The monoisotopic (exact) mass is 586 g/mol. The summed E-state index contributed by atoms with van der Waals surface area (Å²) in [5.74, 6) is -1.28. The highest BCUT2D eigenvalue weighted by Crippen LogP contribution is 2.36. The van der Waals surface area contributed by atoms with E-state index < -0.39 is 17.7 Å². The van der Waals surface area contributed by atoms with Gasteiger partial charge in [-0.25, -0.2) is 5.43 Å². The number of rotatable bonds is 12. The molecule has 0 atom stereocenters. The fraction of sp³-hybridized carbons (Fsp3) is 0.214. The molecule has 210 valence electrons. The van der Waals surface area contributed by atoms with Crippen LogP contribution in [0.3, 0.4) is 0 Å². The number of carbonyl (C=O) groups excluding carboxylic acids is 3. The van der Waals surface area contributed by atoms with Gasteiger partial charge in [0.05, 0.1) is 35.7 Å². The Morgan fingerprint density at radius 2 is 1.68 bits per heavy atom. The van der Waals surface area contributed by atoms with Crippen LogP contribution >= 0.6 is 23.2 Å². The standard InChI is InChI=1S/C28H28Cl2N4O6/c1-3-4-13-39-20-11-9-19(10-12-20)32-27(36)28(37)34-31-16-18-14-22(30)26(24(15-18)38-2)40-17-25(35)33-23-8-6-5-7-21(23)29/h5-12,14-16H,3-4,13,17H2,1-2H3,(H,32,36)(H,33,35)(H,34,37)/b31-16-. The Morgan fingerprint density at radius 1 is 0.925 bits per heavy atom. The summed E-state index contributed by atoms with van der Waals surface area (Å²) in [5, 5.41) is 9.45. The molecule has 0 unspecified atom stereocenters. The number of hydrogen-bond acceptors (Lipinski definition) is 7. The average molecular weight is 587 g/mol. The van der Waals surface area contributed by atoms with E-state index in [-0.39, 0.29) is 23.1 Å². The molecule has 0 bridgehead atoms. The van der Waals surface area contributed by atoms with Crippen LogP contribution in [0.4, 0.5) is 11.4 Å². The van der Waals surface area contributed by atoms with E-state index in [1.807, 2.05) is 0 Å². The summed E-state index contributed by atoms with van der Waals surface area (Å²) in [6.45, 7) is 2.33. The van der Waals surface area contributed by atoms with Crippen molar-refractivity contribution in [3.8, 4) is 17.2 Å². The van der Waals surface area contributed by atoms with Crippen molar-refractivity contribution in [3.05, 3.63) is 76.3 Å². The zero-order valence-corrected chi connectivity index (χ0v) is 23.3. The first kappa shape index (κ1) is 30.3. The normalized spacial score (nSPS) is 10.6. The van der Waals surface area contributed by atoms with Crippen LogP contribution in [-0.4, -0.2) is 44.3 Å². The lowest BCUT2D eigenvalue weighted by Crippen LogP contribution is -2.32. The van der Waals surface area contributed by atoms with Gasteiger partial charge in [-0.3, -0.25) is 14.4 Å². The number of hydrazone groups is 1. The van der Waals surface area contributed by atoms with Crippen LogP contribution in [0, 0.1) is 0 Å². The molecule has 10 nitrogen and oxygen atoms in total. The maximum atomic E-state index is 12.3. The molecule has 3 N–H and O–H groups in total. The lowest BCUT2D eigenvalue weighted by atomic mass is 10.2. The summed E-state index contributed by atoms with van der Waals surface area (Å²) in [5.41, 5.74) is 3.47. The van der Waals surface area contributed by atoms with Crippen molar-refractivity contribution in [1.82, 2.24) is 5.43 Å². The van der Waals surface area contributed by atoms with Crippen LogP contribution in [0.25, 0.3) is 0 Å². The fourth-order valence-corrected chi connectivity index (χ4v) is 3.67. The van der Waals surface area contributed by atoms with Crippen LogP contribution in [0.15, 0.2) is 65.8 Å². The summed E-state index contributed by atoms with van der Waals surface area (Å²) in [4.78, 5) is 36.6. The van der Waals surface area contributed by atoms with Crippen molar-refractivity contribution in [2.24, 2.45) is 5.10 Å². The quantitative estimate of drug-likeness (QED) is 0.114. The summed E-state index contributed by atoms with van der Waals surface area (Å²) >= 11 is 12.4. The van der Waals surface area contributed by atoms with Crippen LogP contribution in [0.2, 0.25) is 10.0 Å². The smallest absolute Gasteiger partial charge is 0.329 e. The van der Waals surface area contributed by atoms with Crippen molar-refractivity contribution >= 4 is 58.5 Å². The van der Waals surface area contributed by atoms with Gasteiger partial charge in [-0.1, -0.05) is 48.7 Å². The Hall–Kier alpha value is -4.28. The molecule has 3 aromatic carbocycles. The number of hydrogen-bond donors (Lipinski definition) is 3. The molecule has 0 spiro atoms. The van der Waals surface area contributed by atoms with Crippen molar-refractivity contribution in [3.63, 3.8) is 0 Å². The molecule has 0 aliphatic carbocycles. The van der Waals surface area contributed by atoms with Gasteiger partial charge in [-0.2, -0.15) is 5.10 Å². The highest BCUT2D eigenvalue weighted by molar-refractivity contribution is 6.39. The van der Waals surface area contributed by atoms with Crippen LogP contribution in [0.5, 0.6) is 17.2 Å². The number of para-hydroxylation sites is 1. The predicted molar refractivity (Wildman–Crippen MR) is 155 cm³/mol. The molecule has 0 radical (unpaired) electrons. The fourth-order valence-electron chi connectivity index (χ4n) is 3.21. The molecular weight excluding hydrogens is 559 g/mol. The first-order valence-corrected chi connectivity index (χ1v) is 13.0. The van der Waals surface area contributed by atoms with Gasteiger partial charge >= 0.3 is 11.8 Å². The second-order valence-electron chi connectivity index (χ2n) is 8.23. The third-order valence-electron chi connectivity index (χ3n) is 5.21. The number of nitrogens with one attached hydrogen (secondary N) is 3. The maximum absolute atomic E-state index is 12.3. The third kappa shape index (κ3) is 9.18. The molecule has 40 heavy (non-hydrogen) atoms. The zero-order chi connectivity index (χ0) is 28.9. The van der Waals surface area contributed by atoms with Crippen LogP contribution in [0.1, 0.15) is 25.3 Å². The van der Waals surface area contributed by atoms with Crippen LogP contribution < -0.4 is 30.3 Å². The lowest BCUT2D eigenvalue weighted by Gasteiger charge is -2.13. The molecule has 3 amide bonds. The van der Waals surface area contributed by atoms with Crippen molar-refractivity contribution in [2.75, 3.05) is 31.0 Å². The number of carbonyl (C=O) groups is 3. The van der Waals surface area contributed by atoms with E-state index in [0.29, 0.717) is 34.3 Å². The van der Waals surface area contributed by atoms with E-state index in [9.17, 15) is 14.4 Å². The summed E-state index contributed by atoms with van der Waals surface area (Å²) < 4.78 is 16.5. The topological polar surface area (TPSA) is 127 Å². The molecule has 3 rings (SSSR count). The number of methoxy groups -OCH3 is 1. The van der Waals surface area contributed by atoms with Gasteiger partial charge in [-0.05, 0) is 60.5 Å². The Balaban J connectivity index is 1.53. The van der Waals surface area contributed by atoms with Gasteiger partial charge in [0.25, 0.3) is 5.91 Å². The number of amides is 3. The van der Waals surface area contributed by atoms with Gasteiger partial charge in [-0.15, -0.1) is 0 Å². The van der Waals surface area contributed by atoms with E-state index >= 15 is 0 Å². The first-order valence-electron chi connectivity index (χ1n) is 12.2. The van der Waals surface area contributed by atoms with Crippen molar-refractivity contribution < 1.29 is 28.6 Å². The SMILES string of the molecule is CCCCOc1ccc(NC(=O)C(=O)N/N=C\c2cc(Cl)c(OCC(=O)Nc3ccccc3Cl)c(OC)c2)cc1. The highest BCUT2D eigenvalue weighted by atomic mass is 35.5. The molecule has 0 saturated heterocycles. The molecule has 0 fully saturated rings. The van der Waals surface area contributed by atoms with Gasteiger partial charge in [0.2, 0.25) is 0 Å². The Kier molecular flexibility index (Phi) is 11.6. The van der Waals surface area contributed by atoms with E-state index in [4.69, 9.17) is 37.4 Å². The van der Waals surface area contributed by atoms with E-state index in [1.54, 1.807) is 48.5 Å². The highest BCUT2D eigenvalue weighted by Gasteiger charge is 2.15. The Bertz CT molecular complexity index is 1370. The number of nitrogens with zero attached hydrogens (tertiary/aromatic N) is 1. The van der Waals surface area contributed by atoms with Gasteiger partial charge in [0.15, 0.2) is 18.1 Å². The number of unbranched alkanes of at least 4 members (excludes halogenated alkanes) is 1. The minimum absolute atomic E-state index is 0.137. The molecule has 3 aromatic rings. The van der Waals surface area contributed by atoms with Crippen LogP contribution in [-0.2, 0) is 14.4 Å². The Labute approximate surface area is 241 Å². The minimum atomic E-state index is -0.970.